The lowest BCUT2D eigenvalue weighted by Gasteiger charge is -2.11. The summed E-state index contributed by atoms with van der Waals surface area (Å²) in [7, 11) is 0. The Kier molecular flexibility index (Phi) is 3.50. The van der Waals surface area contributed by atoms with Crippen molar-refractivity contribution in [1.29, 1.82) is 0 Å². The van der Waals surface area contributed by atoms with Crippen LogP contribution in [0.5, 0.6) is 5.75 Å². The second-order valence-corrected chi connectivity index (χ2v) is 4.47. The van der Waals surface area contributed by atoms with Gasteiger partial charge in [0, 0.05) is 5.56 Å². The van der Waals surface area contributed by atoms with Gasteiger partial charge >= 0.3 is 0 Å². The quantitative estimate of drug-likeness (QED) is 0.779. The van der Waals surface area contributed by atoms with Crippen LogP contribution in [0.15, 0.2) is 18.2 Å². The lowest BCUT2D eigenvalue weighted by atomic mass is 9.95. The van der Waals surface area contributed by atoms with E-state index in [1.165, 1.54) is 0 Å². The number of aromatic nitrogens is 3. The molecule has 1 aromatic heterocycles. The van der Waals surface area contributed by atoms with E-state index in [2.05, 4.69) is 29.3 Å². The van der Waals surface area contributed by atoms with Crippen molar-refractivity contribution >= 4 is 5.91 Å². The van der Waals surface area contributed by atoms with Crippen molar-refractivity contribution in [2.75, 3.05) is 0 Å². The van der Waals surface area contributed by atoms with Crippen LogP contribution < -0.4 is 5.73 Å². The van der Waals surface area contributed by atoms with E-state index in [1.807, 2.05) is 12.1 Å². The van der Waals surface area contributed by atoms with Crippen LogP contribution in [0, 0.1) is 0 Å². The Balaban J connectivity index is 2.55. The third-order valence-electron chi connectivity index (χ3n) is 3.24. The van der Waals surface area contributed by atoms with Crippen LogP contribution in [-0.4, -0.2) is 26.4 Å². The number of phenolic OH excluding ortho intramolecular Hbond substituents is 1. The van der Waals surface area contributed by atoms with Gasteiger partial charge in [-0.05, 0) is 30.0 Å². The van der Waals surface area contributed by atoms with Crippen LogP contribution in [0.3, 0.4) is 0 Å². The predicted molar refractivity (Wildman–Crippen MR) is 70.7 cm³/mol. The number of amides is 1. The number of hydrogen-bond donors (Lipinski definition) is 3. The number of rotatable bonds is 4. The van der Waals surface area contributed by atoms with Gasteiger partial charge in [-0.25, -0.2) is 0 Å². The van der Waals surface area contributed by atoms with Crippen LogP contribution >= 0.6 is 0 Å². The normalized spacial score (nSPS) is 12.3. The zero-order chi connectivity index (χ0) is 14.0. The van der Waals surface area contributed by atoms with Gasteiger partial charge in [-0.1, -0.05) is 19.9 Å². The summed E-state index contributed by atoms with van der Waals surface area (Å²) >= 11 is 0. The monoisotopic (exact) mass is 260 g/mol. The van der Waals surface area contributed by atoms with Crippen LogP contribution in [0.2, 0.25) is 0 Å². The predicted octanol–water partition coefficient (Wildman–Crippen LogP) is 1.79. The lowest BCUT2D eigenvalue weighted by Crippen LogP contribution is -2.12. The molecular formula is C13H16N4O2. The first-order chi connectivity index (χ1) is 9.04. The molecule has 6 heteroatoms. The third kappa shape index (κ3) is 2.42. The highest BCUT2D eigenvalue weighted by Crippen LogP contribution is 2.32. The highest BCUT2D eigenvalue weighted by Gasteiger charge is 2.19. The average molecular weight is 260 g/mol. The molecule has 4 N–H and O–H groups in total. The molecule has 19 heavy (non-hydrogen) atoms. The molecule has 0 fully saturated rings. The van der Waals surface area contributed by atoms with Gasteiger partial charge in [0.1, 0.15) is 11.4 Å². The van der Waals surface area contributed by atoms with Gasteiger partial charge in [0.05, 0.1) is 0 Å². The van der Waals surface area contributed by atoms with Gasteiger partial charge in [0.25, 0.3) is 5.91 Å². The molecule has 1 atom stereocenters. The van der Waals surface area contributed by atoms with Crippen molar-refractivity contribution in [3.8, 4) is 17.0 Å². The number of primary amides is 1. The van der Waals surface area contributed by atoms with Crippen LogP contribution in [-0.2, 0) is 0 Å². The molecule has 1 heterocycles. The summed E-state index contributed by atoms with van der Waals surface area (Å²) in [5.74, 6) is -0.288. The molecule has 1 amide bonds. The van der Waals surface area contributed by atoms with Gasteiger partial charge < -0.3 is 10.8 Å². The molecule has 0 spiro atoms. The average Bonchev–Trinajstić information content (AvgIpc) is 2.87. The van der Waals surface area contributed by atoms with E-state index in [0.717, 1.165) is 12.0 Å². The molecule has 0 saturated carbocycles. The largest absolute Gasteiger partial charge is 0.507 e. The number of nitrogens with two attached hydrogens (primary N) is 1. The number of carbonyl (C=O) groups excluding carboxylic acids is 1. The Morgan fingerprint density at radius 1 is 1.47 bits per heavy atom. The zero-order valence-electron chi connectivity index (χ0n) is 10.8. The molecule has 0 aliphatic rings. The van der Waals surface area contributed by atoms with E-state index >= 15 is 0 Å². The smallest absolute Gasteiger partial charge is 0.271 e. The Labute approximate surface area is 110 Å². The van der Waals surface area contributed by atoms with Gasteiger partial charge in [0.15, 0.2) is 5.69 Å². The number of benzene rings is 1. The summed E-state index contributed by atoms with van der Waals surface area (Å²) in [5.41, 5.74) is 7.05. The second-order valence-electron chi connectivity index (χ2n) is 4.47. The Hall–Kier alpha value is -2.37. The Morgan fingerprint density at radius 3 is 2.84 bits per heavy atom. The fourth-order valence-corrected chi connectivity index (χ4v) is 1.88. The fourth-order valence-electron chi connectivity index (χ4n) is 1.88. The maximum Gasteiger partial charge on any atom is 0.271 e. The zero-order valence-corrected chi connectivity index (χ0v) is 10.8. The van der Waals surface area contributed by atoms with Crippen molar-refractivity contribution < 1.29 is 9.90 Å². The van der Waals surface area contributed by atoms with Gasteiger partial charge in [-0.15, -0.1) is 0 Å². The van der Waals surface area contributed by atoms with E-state index < -0.39 is 5.91 Å². The minimum absolute atomic E-state index is 0.0246. The van der Waals surface area contributed by atoms with Crippen LogP contribution in [0.25, 0.3) is 11.3 Å². The van der Waals surface area contributed by atoms with Gasteiger partial charge in [0.2, 0.25) is 0 Å². The summed E-state index contributed by atoms with van der Waals surface area (Å²) in [6.07, 6.45) is 0.978. The van der Waals surface area contributed by atoms with E-state index in [9.17, 15) is 9.90 Å². The molecule has 6 nitrogen and oxygen atoms in total. The summed E-state index contributed by atoms with van der Waals surface area (Å²) in [5, 5.41) is 19.9. The minimum Gasteiger partial charge on any atom is -0.507 e. The van der Waals surface area contributed by atoms with Crippen molar-refractivity contribution in [2.45, 2.75) is 26.2 Å². The maximum atomic E-state index is 11.3. The molecule has 0 bridgehead atoms. The molecule has 0 saturated heterocycles. The van der Waals surface area contributed by atoms with Crippen LogP contribution in [0.4, 0.5) is 0 Å². The number of carbonyl (C=O) groups is 1. The number of aromatic amines is 1. The van der Waals surface area contributed by atoms with Crippen LogP contribution in [0.1, 0.15) is 42.2 Å². The summed E-state index contributed by atoms with van der Waals surface area (Å²) < 4.78 is 0. The number of H-pyrrole nitrogens is 1. The Bertz CT molecular complexity index is 606. The summed E-state index contributed by atoms with van der Waals surface area (Å²) in [6, 6.07) is 5.26. The summed E-state index contributed by atoms with van der Waals surface area (Å²) in [4.78, 5) is 11.3. The van der Waals surface area contributed by atoms with E-state index in [1.54, 1.807) is 6.07 Å². The molecule has 2 aromatic rings. The first kappa shape index (κ1) is 13.1. The number of hydrogen-bond acceptors (Lipinski definition) is 4. The molecule has 1 aromatic carbocycles. The van der Waals surface area contributed by atoms with E-state index in [-0.39, 0.29) is 17.1 Å². The first-order valence-corrected chi connectivity index (χ1v) is 6.08. The molecule has 0 radical (unpaired) electrons. The fraction of sp³-hybridized carbons (Fsp3) is 0.308. The van der Waals surface area contributed by atoms with Crippen molar-refractivity contribution in [2.24, 2.45) is 5.73 Å². The second kappa shape index (κ2) is 5.09. The molecule has 0 aliphatic heterocycles. The number of phenols is 1. The number of nitrogens with zero attached hydrogens (tertiary/aromatic N) is 2. The van der Waals surface area contributed by atoms with Gasteiger partial charge in [-0.3, -0.25) is 4.79 Å². The van der Waals surface area contributed by atoms with E-state index in [0.29, 0.717) is 11.5 Å². The number of nitrogens with one attached hydrogen (secondary N) is 1. The maximum absolute atomic E-state index is 11.3. The molecule has 0 aliphatic carbocycles. The Morgan fingerprint density at radius 2 is 2.21 bits per heavy atom. The third-order valence-corrected chi connectivity index (χ3v) is 3.24. The summed E-state index contributed by atoms with van der Waals surface area (Å²) in [6.45, 7) is 4.18. The SMILES string of the molecule is CCC(C)c1ccc(O)c(-c2n[nH]nc2C(N)=O)c1. The lowest BCUT2D eigenvalue weighted by molar-refractivity contribution is 0.0996. The van der Waals surface area contributed by atoms with Crippen molar-refractivity contribution in [1.82, 2.24) is 15.4 Å². The molecular weight excluding hydrogens is 244 g/mol. The topological polar surface area (TPSA) is 105 Å². The van der Waals surface area contributed by atoms with Crippen molar-refractivity contribution in [3.63, 3.8) is 0 Å². The first-order valence-electron chi connectivity index (χ1n) is 6.08. The van der Waals surface area contributed by atoms with Crippen molar-refractivity contribution in [3.05, 3.63) is 29.5 Å². The molecule has 100 valence electrons. The molecule has 1 unspecified atom stereocenters. The highest BCUT2D eigenvalue weighted by atomic mass is 16.3. The standard InChI is InChI=1S/C13H16N4O2/c1-3-7(2)8-4-5-10(18)9(6-8)11-12(13(14)19)16-17-15-11/h4-7,18H,3H2,1-2H3,(H2,14,19)(H,15,16,17). The molecule has 2 rings (SSSR count). The highest BCUT2D eigenvalue weighted by molar-refractivity contribution is 5.97. The van der Waals surface area contributed by atoms with E-state index in [4.69, 9.17) is 5.73 Å². The minimum atomic E-state index is -0.683. The number of aromatic hydroxyl groups is 1. The van der Waals surface area contributed by atoms with Gasteiger partial charge in [-0.2, -0.15) is 15.4 Å².